The molecule has 2 aliphatic rings. The van der Waals surface area contributed by atoms with E-state index in [1.165, 1.54) is 19.3 Å². The summed E-state index contributed by atoms with van der Waals surface area (Å²) in [5.41, 5.74) is 5.76. The standard InChI is InChI=1S/C8H15NO/c1-10-8(5-9)3-2-6-4-7(6)8/h6-7H,2-5,9H2,1H3/t6-,7+,8?/m0/s1. The zero-order chi connectivity index (χ0) is 7.19. The Hall–Kier alpha value is -0.0800. The van der Waals surface area contributed by atoms with Gasteiger partial charge in [0, 0.05) is 13.7 Å². The second-order valence-corrected chi connectivity index (χ2v) is 3.61. The number of hydrogen-bond donors (Lipinski definition) is 1. The minimum Gasteiger partial charge on any atom is -0.377 e. The Balaban J connectivity index is 2.11. The van der Waals surface area contributed by atoms with Gasteiger partial charge < -0.3 is 10.5 Å². The fraction of sp³-hybridized carbons (Fsp3) is 1.00. The van der Waals surface area contributed by atoms with Crippen LogP contribution in [0.15, 0.2) is 0 Å². The van der Waals surface area contributed by atoms with Crippen LogP contribution in [0.2, 0.25) is 0 Å². The van der Waals surface area contributed by atoms with Gasteiger partial charge in [0.1, 0.15) is 0 Å². The summed E-state index contributed by atoms with van der Waals surface area (Å²) >= 11 is 0. The third kappa shape index (κ3) is 0.663. The molecule has 0 saturated heterocycles. The Morgan fingerprint density at radius 2 is 2.50 bits per heavy atom. The van der Waals surface area contributed by atoms with Crippen LogP contribution < -0.4 is 5.73 Å². The number of methoxy groups -OCH3 is 1. The summed E-state index contributed by atoms with van der Waals surface area (Å²) in [7, 11) is 1.80. The molecule has 0 aliphatic heterocycles. The SMILES string of the molecule is COC1(CN)CC[C@H]2C[C@H]21. The number of hydrogen-bond acceptors (Lipinski definition) is 2. The average molecular weight is 141 g/mol. The molecule has 0 bridgehead atoms. The zero-order valence-corrected chi connectivity index (χ0v) is 6.47. The lowest BCUT2D eigenvalue weighted by molar-refractivity contribution is -0.0151. The molecule has 0 radical (unpaired) electrons. The minimum absolute atomic E-state index is 0.0880. The van der Waals surface area contributed by atoms with Crippen molar-refractivity contribution in [1.29, 1.82) is 0 Å². The van der Waals surface area contributed by atoms with Crippen molar-refractivity contribution in [2.75, 3.05) is 13.7 Å². The molecule has 2 rings (SSSR count). The molecule has 3 atom stereocenters. The van der Waals surface area contributed by atoms with Gasteiger partial charge in [-0.25, -0.2) is 0 Å². The highest BCUT2D eigenvalue weighted by molar-refractivity contribution is 5.08. The first kappa shape index (κ1) is 6.62. The molecule has 0 spiro atoms. The highest BCUT2D eigenvalue weighted by Gasteiger charge is 2.57. The first-order valence-electron chi connectivity index (χ1n) is 4.07. The lowest BCUT2D eigenvalue weighted by atomic mass is 9.98. The largest absolute Gasteiger partial charge is 0.377 e. The van der Waals surface area contributed by atoms with Crippen molar-refractivity contribution in [2.24, 2.45) is 17.6 Å². The van der Waals surface area contributed by atoms with Crippen LogP contribution in [0, 0.1) is 11.8 Å². The van der Waals surface area contributed by atoms with Crippen molar-refractivity contribution >= 4 is 0 Å². The molecule has 2 saturated carbocycles. The third-order valence-corrected chi connectivity index (χ3v) is 3.29. The van der Waals surface area contributed by atoms with Gasteiger partial charge in [-0.3, -0.25) is 0 Å². The Labute approximate surface area is 61.7 Å². The minimum atomic E-state index is 0.0880. The van der Waals surface area contributed by atoms with Crippen molar-refractivity contribution in [1.82, 2.24) is 0 Å². The van der Waals surface area contributed by atoms with Crippen LogP contribution in [0.3, 0.4) is 0 Å². The van der Waals surface area contributed by atoms with Gasteiger partial charge in [0.25, 0.3) is 0 Å². The molecule has 0 amide bonds. The van der Waals surface area contributed by atoms with E-state index < -0.39 is 0 Å². The Kier molecular flexibility index (Phi) is 1.29. The van der Waals surface area contributed by atoms with Gasteiger partial charge in [0.15, 0.2) is 0 Å². The highest BCUT2D eigenvalue weighted by Crippen LogP contribution is 2.58. The predicted octanol–water partition coefficient (Wildman–Crippen LogP) is 0.760. The van der Waals surface area contributed by atoms with E-state index in [1.807, 2.05) is 0 Å². The van der Waals surface area contributed by atoms with Crippen LogP contribution in [0.25, 0.3) is 0 Å². The summed E-state index contributed by atoms with van der Waals surface area (Å²) in [5, 5.41) is 0. The predicted molar refractivity (Wildman–Crippen MR) is 39.6 cm³/mol. The maximum absolute atomic E-state index is 5.67. The maximum Gasteiger partial charge on any atom is 0.0831 e. The summed E-state index contributed by atoms with van der Waals surface area (Å²) in [4.78, 5) is 0. The van der Waals surface area contributed by atoms with Crippen LogP contribution in [0.5, 0.6) is 0 Å². The smallest absolute Gasteiger partial charge is 0.0831 e. The van der Waals surface area contributed by atoms with E-state index in [9.17, 15) is 0 Å². The first-order valence-corrected chi connectivity index (χ1v) is 4.07. The van der Waals surface area contributed by atoms with E-state index in [2.05, 4.69) is 0 Å². The Morgan fingerprint density at radius 1 is 1.70 bits per heavy atom. The molecule has 1 unspecified atom stereocenters. The molecule has 2 N–H and O–H groups in total. The van der Waals surface area contributed by atoms with Gasteiger partial charge in [-0.1, -0.05) is 0 Å². The quantitative estimate of drug-likeness (QED) is 0.616. The molecule has 2 heteroatoms. The number of ether oxygens (including phenoxy) is 1. The molecule has 2 aliphatic carbocycles. The van der Waals surface area contributed by atoms with Crippen molar-refractivity contribution in [3.63, 3.8) is 0 Å². The molecule has 0 aromatic carbocycles. The van der Waals surface area contributed by atoms with Crippen LogP contribution in [-0.4, -0.2) is 19.3 Å². The summed E-state index contributed by atoms with van der Waals surface area (Å²) in [5.74, 6) is 1.77. The highest BCUT2D eigenvalue weighted by atomic mass is 16.5. The molecule has 0 aromatic rings. The van der Waals surface area contributed by atoms with Crippen LogP contribution in [-0.2, 0) is 4.74 Å². The second-order valence-electron chi connectivity index (χ2n) is 3.61. The number of rotatable bonds is 2. The normalized spacial score (nSPS) is 51.0. The zero-order valence-electron chi connectivity index (χ0n) is 6.47. The fourth-order valence-corrected chi connectivity index (χ4v) is 2.42. The third-order valence-electron chi connectivity index (χ3n) is 3.29. The van der Waals surface area contributed by atoms with Gasteiger partial charge >= 0.3 is 0 Å². The molecule has 0 heterocycles. The van der Waals surface area contributed by atoms with Crippen LogP contribution in [0.1, 0.15) is 19.3 Å². The lowest BCUT2D eigenvalue weighted by Crippen LogP contribution is -2.40. The van der Waals surface area contributed by atoms with Crippen molar-refractivity contribution in [3.8, 4) is 0 Å². The van der Waals surface area contributed by atoms with Crippen molar-refractivity contribution in [3.05, 3.63) is 0 Å². The van der Waals surface area contributed by atoms with Crippen LogP contribution in [0.4, 0.5) is 0 Å². The van der Waals surface area contributed by atoms with Gasteiger partial charge in [-0.05, 0) is 31.1 Å². The van der Waals surface area contributed by atoms with Gasteiger partial charge in [-0.15, -0.1) is 0 Å². The maximum atomic E-state index is 5.67. The van der Waals surface area contributed by atoms with E-state index in [-0.39, 0.29) is 5.60 Å². The van der Waals surface area contributed by atoms with Gasteiger partial charge in [0.2, 0.25) is 0 Å². The van der Waals surface area contributed by atoms with Crippen molar-refractivity contribution < 1.29 is 4.74 Å². The number of nitrogens with two attached hydrogens (primary N) is 1. The Morgan fingerprint density at radius 3 is 2.70 bits per heavy atom. The fourth-order valence-electron chi connectivity index (χ4n) is 2.42. The summed E-state index contributed by atoms with van der Waals surface area (Å²) in [6.45, 7) is 0.713. The lowest BCUT2D eigenvalue weighted by Gasteiger charge is -2.27. The first-order chi connectivity index (χ1) is 4.82. The van der Waals surface area contributed by atoms with Crippen molar-refractivity contribution in [2.45, 2.75) is 24.9 Å². The summed E-state index contributed by atoms with van der Waals surface area (Å²) in [6, 6.07) is 0. The Bertz CT molecular complexity index is 142. The van der Waals surface area contributed by atoms with Gasteiger partial charge in [0.05, 0.1) is 5.60 Å². The summed E-state index contributed by atoms with van der Waals surface area (Å²) < 4.78 is 5.48. The molecule has 0 aromatic heterocycles. The molecular formula is C8H15NO. The second kappa shape index (κ2) is 1.95. The molecule has 2 fully saturated rings. The number of fused-ring (bicyclic) bond motifs is 1. The van der Waals surface area contributed by atoms with E-state index in [0.29, 0.717) is 6.54 Å². The molecule has 58 valence electrons. The van der Waals surface area contributed by atoms with E-state index >= 15 is 0 Å². The molecule has 10 heavy (non-hydrogen) atoms. The summed E-state index contributed by atoms with van der Waals surface area (Å²) in [6.07, 6.45) is 3.90. The van der Waals surface area contributed by atoms with E-state index in [1.54, 1.807) is 7.11 Å². The van der Waals surface area contributed by atoms with E-state index in [4.69, 9.17) is 10.5 Å². The monoisotopic (exact) mass is 141 g/mol. The molecule has 2 nitrogen and oxygen atoms in total. The van der Waals surface area contributed by atoms with Gasteiger partial charge in [-0.2, -0.15) is 0 Å². The van der Waals surface area contributed by atoms with Crippen LogP contribution >= 0.6 is 0 Å². The van der Waals surface area contributed by atoms with E-state index in [0.717, 1.165) is 11.8 Å². The topological polar surface area (TPSA) is 35.2 Å². The average Bonchev–Trinajstić information content (AvgIpc) is 2.68. The molecular weight excluding hydrogens is 126 g/mol.